The highest BCUT2D eigenvalue weighted by Crippen LogP contribution is 2.29. The molecular formula is C19H17N3O. The molecule has 0 amide bonds. The third-order valence-corrected chi connectivity index (χ3v) is 4.16. The Balaban J connectivity index is 2.25. The van der Waals surface area contributed by atoms with E-state index in [1.807, 2.05) is 40.9 Å². The molecule has 0 radical (unpaired) electrons. The molecule has 3 heterocycles. The van der Waals surface area contributed by atoms with Gasteiger partial charge in [0.1, 0.15) is 5.65 Å². The summed E-state index contributed by atoms with van der Waals surface area (Å²) in [6.07, 6.45) is 3.77. The lowest BCUT2D eigenvalue weighted by molar-refractivity contribution is 0.575. The predicted molar refractivity (Wildman–Crippen MR) is 93.0 cm³/mol. The second kappa shape index (κ2) is 4.62. The highest BCUT2D eigenvalue weighted by molar-refractivity contribution is 5.97. The van der Waals surface area contributed by atoms with E-state index in [4.69, 9.17) is 0 Å². The molecule has 4 rings (SSSR count). The Kier molecular flexibility index (Phi) is 2.79. The summed E-state index contributed by atoms with van der Waals surface area (Å²) in [6, 6.07) is 11.6. The van der Waals surface area contributed by atoms with Gasteiger partial charge in [-0.2, -0.15) is 4.98 Å². The van der Waals surface area contributed by atoms with Crippen LogP contribution in [0.3, 0.4) is 0 Å². The maximum absolute atomic E-state index is 12.4. The zero-order valence-corrected chi connectivity index (χ0v) is 13.4. The molecule has 0 saturated heterocycles. The van der Waals surface area contributed by atoms with E-state index in [0.717, 1.165) is 22.0 Å². The van der Waals surface area contributed by atoms with E-state index in [0.29, 0.717) is 11.0 Å². The van der Waals surface area contributed by atoms with Crippen LogP contribution in [-0.2, 0) is 5.41 Å². The van der Waals surface area contributed by atoms with Crippen molar-refractivity contribution >= 4 is 27.3 Å². The number of hydrogen-bond donors (Lipinski definition) is 0. The maximum Gasteiger partial charge on any atom is 0.281 e. The normalized spacial score (nSPS) is 12.3. The van der Waals surface area contributed by atoms with Crippen LogP contribution >= 0.6 is 0 Å². The Morgan fingerprint density at radius 3 is 2.52 bits per heavy atom. The van der Waals surface area contributed by atoms with Crippen LogP contribution in [-0.4, -0.2) is 14.4 Å². The number of fused-ring (bicyclic) bond motifs is 5. The molecule has 1 aromatic carbocycles. The molecule has 114 valence electrons. The minimum absolute atomic E-state index is 0.0744. The van der Waals surface area contributed by atoms with E-state index < -0.39 is 0 Å². The van der Waals surface area contributed by atoms with Crippen LogP contribution in [0.5, 0.6) is 0 Å². The number of rotatable bonds is 0. The zero-order chi connectivity index (χ0) is 16.2. The summed E-state index contributed by atoms with van der Waals surface area (Å²) in [5, 5.41) is 2.63. The Labute approximate surface area is 133 Å². The first-order valence-electron chi connectivity index (χ1n) is 7.66. The van der Waals surface area contributed by atoms with Crippen molar-refractivity contribution in [3.05, 3.63) is 64.8 Å². The predicted octanol–water partition coefficient (Wildman–Crippen LogP) is 3.69. The average Bonchev–Trinajstić information content (AvgIpc) is 2.53. The molecule has 0 atom stereocenters. The first kappa shape index (κ1) is 13.9. The van der Waals surface area contributed by atoms with E-state index in [2.05, 4.69) is 36.8 Å². The molecule has 0 saturated carbocycles. The van der Waals surface area contributed by atoms with Crippen molar-refractivity contribution in [3.63, 3.8) is 0 Å². The fourth-order valence-electron chi connectivity index (χ4n) is 3.11. The summed E-state index contributed by atoms with van der Waals surface area (Å²) in [7, 11) is 0. The number of hydrogen-bond acceptors (Lipinski definition) is 3. The van der Waals surface area contributed by atoms with E-state index in [-0.39, 0.29) is 11.0 Å². The van der Waals surface area contributed by atoms with Crippen LogP contribution in [0.1, 0.15) is 26.5 Å². The van der Waals surface area contributed by atoms with Crippen LogP contribution in [0.15, 0.2) is 53.6 Å². The Bertz CT molecular complexity index is 1120. The van der Waals surface area contributed by atoms with Crippen molar-refractivity contribution in [2.45, 2.75) is 26.2 Å². The van der Waals surface area contributed by atoms with Gasteiger partial charge in [0.25, 0.3) is 5.56 Å². The fraction of sp³-hybridized carbons (Fsp3) is 0.211. The van der Waals surface area contributed by atoms with Gasteiger partial charge in [0.2, 0.25) is 0 Å². The van der Waals surface area contributed by atoms with E-state index >= 15 is 0 Å². The molecule has 0 spiro atoms. The minimum atomic E-state index is -0.192. The summed E-state index contributed by atoms with van der Waals surface area (Å²) in [6.45, 7) is 6.41. The number of aromatic nitrogens is 3. The average molecular weight is 303 g/mol. The number of para-hydroxylation sites is 1. The third kappa shape index (κ3) is 2.02. The van der Waals surface area contributed by atoms with Gasteiger partial charge in [0.05, 0.1) is 16.6 Å². The van der Waals surface area contributed by atoms with Crippen molar-refractivity contribution in [3.8, 4) is 0 Å². The fourth-order valence-corrected chi connectivity index (χ4v) is 3.11. The smallest absolute Gasteiger partial charge is 0.281 e. The maximum atomic E-state index is 12.4. The second-order valence-electron chi connectivity index (χ2n) is 6.81. The van der Waals surface area contributed by atoms with Crippen LogP contribution in [0.4, 0.5) is 0 Å². The van der Waals surface area contributed by atoms with Gasteiger partial charge < -0.3 is 4.40 Å². The number of benzene rings is 1. The highest BCUT2D eigenvalue weighted by Gasteiger charge is 2.19. The molecule has 3 aromatic heterocycles. The van der Waals surface area contributed by atoms with Crippen LogP contribution < -0.4 is 5.56 Å². The SMILES string of the molecule is CC(C)(C)c1nccc2c1ccn1c3ccccc3c(=O)nc21. The largest absolute Gasteiger partial charge is 0.300 e. The zero-order valence-electron chi connectivity index (χ0n) is 13.4. The van der Waals surface area contributed by atoms with Crippen LogP contribution in [0.2, 0.25) is 0 Å². The van der Waals surface area contributed by atoms with Gasteiger partial charge in [-0.3, -0.25) is 9.78 Å². The summed E-state index contributed by atoms with van der Waals surface area (Å²) < 4.78 is 1.98. The highest BCUT2D eigenvalue weighted by atomic mass is 16.1. The molecule has 4 aromatic rings. The van der Waals surface area contributed by atoms with Crippen molar-refractivity contribution in [1.29, 1.82) is 0 Å². The first-order chi connectivity index (χ1) is 11.0. The lowest BCUT2D eigenvalue weighted by Crippen LogP contribution is -2.15. The molecule has 4 heteroatoms. The number of pyridine rings is 2. The van der Waals surface area contributed by atoms with Gasteiger partial charge in [-0.05, 0) is 24.3 Å². The molecule has 0 fully saturated rings. The van der Waals surface area contributed by atoms with Crippen LogP contribution in [0, 0.1) is 0 Å². The van der Waals surface area contributed by atoms with Gasteiger partial charge in [-0.15, -0.1) is 0 Å². The summed E-state index contributed by atoms with van der Waals surface area (Å²) in [5.74, 6) is 0. The standard InChI is InChI=1S/C19H17N3O/c1-19(2,3)16-12-9-11-22-15-7-5-4-6-14(15)18(23)21-17(22)13(12)8-10-20-16/h4-11H,1-3H3. The van der Waals surface area contributed by atoms with E-state index in [1.165, 1.54) is 0 Å². The van der Waals surface area contributed by atoms with Crippen LogP contribution in [0.25, 0.3) is 27.3 Å². The molecule has 0 unspecified atom stereocenters. The lowest BCUT2D eigenvalue weighted by atomic mass is 9.88. The molecule has 0 aliphatic rings. The minimum Gasteiger partial charge on any atom is -0.300 e. The molecule has 0 aliphatic carbocycles. The quantitative estimate of drug-likeness (QED) is 0.465. The van der Waals surface area contributed by atoms with Crippen molar-refractivity contribution in [2.24, 2.45) is 0 Å². The van der Waals surface area contributed by atoms with Crippen molar-refractivity contribution in [2.75, 3.05) is 0 Å². The van der Waals surface area contributed by atoms with Crippen molar-refractivity contribution in [1.82, 2.24) is 14.4 Å². The van der Waals surface area contributed by atoms with Gasteiger partial charge in [0, 0.05) is 28.6 Å². The lowest BCUT2D eigenvalue weighted by Gasteiger charge is -2.20. The summed E-state index contributed by atoms with van der Waals surface area (Å²) in [5.41, 5.74) is 2.30. The molecule has 0 N–H and O–H groups in total. The summed E-state index contributed by atoms with van der Waals surface area (Å²) >= 11 is 0. The molecule has 0 aliphatic heterocycles. The van der Waals surface area contributed by atoms with Gasteiger partial charge >= 0.3 is 0 Å². The van der Waals surface area contributed by atoms with Gasteiger partial charge in [-0.1, -0.05) is 32.9 Å². The topological polar surface area (TPSA) is 47.3 Å². The van der Waals surface area contributed by atoms with Gasteiger partial charge in [0.15, 0.2) is 0 Å². The third-order valence-electron chi connectivity index (χ3n) is 4.16. The molecule has 23 heavy (non-hydrogen) atoms. The van der Waals surface area contributed by atoms with Crippen molar-refractivity contribution < 1.29 is 0 Å². The second-order valence-corrected chi connectivity index (χ2v) is 6.81. The summed E-state index contributed by atoms with van der Waals surface area (Å²) in [4.78, 5) is 21.3. The monoisotopic (exact) mass is 303 g/mol. The number of nitrogens with zero attached hydrogens (tertiary/aromatic N) is 3. The Hall–Kier alpha value is -2.75. The van der Waals surface area contributed by atoms with E-state index in [9.17, 15) is 4.79 Å². The molecule has 4 nitrogen and oxygen atoms in total. The first-order valence-corrected chi connectivity index (χ1v) is 7.66. The Morgan fingerprint density at radius 2 is 1.74 bits per heavy atom. The Morgan fingerprint density at radius 1 is 0.957 bits per heavy atom. The van der Waals surface area contributed by atoms with E-state index in [1.54, 1.807) is 6.20 Å². The van der Waals surface area contributed by atoms with Gasteiger partial charge in [-0.25, -0.2) is 0 Å². The molecule has 0 bridgehead atoms. The molecular weight excluding hydrogens is 286 g/mol.